The molecule has 0 aliphatic carbocycles. The molecule has 2 aromatic heterocycles. The van der Waals surface area contributed by atoms with Crippen molar-refractivity contribution >= 4 is 34.8 Å². The molecule has 7 nitrogen and oxygen atoms in total. The Morgan fingerprint density at radius 1 is 1.04 bits per heavy atom. The van der Waals surface area contributed by atoms with E-state index in [-0.39, 0.29) is 18.0 Å². The predicted molar refractivity (Wildman–Crippen MR) is 99.6 cm³/mol. The lowest BCUT2D eigenvalue weighted by Gasteiger charge is -2.10. The molecule has 8 heteroatoms. The Kier molecular flexibility index (Phi) is 6.01. The number of thiophene rings is 1. The van der Waals surface area contributed by atoms with Crippen LogP contribution in [-0.4, -0.2) is 24.4 Å². The molecule has 0 saturated heterocycles. The average Bonchev–Trinajstić information content (AvgIpc) is 3.38. The van der Waals surface area contributed by atoms with E-state index in [4.69, 9.17) is 9.15 Å². The number of furan rings is 1. The van der Waals surface area contributed by atoms with Gasteiger partial charge in [-0.25, -0.2) is 4.79 Å². The number of amides is 2. The van der Waals surface area contributed by atoms with Crippen LogP contribution in [-0.2, 0) is 16.1 Å². The van der Waals surface area contributed by atoms with Crippen molar-refractivity contribution in [3.05, 3.63) is 76.4 Å². The number of hydrogen-bond acceptors (Lipinski definition) is 6. The van der Waals surface area contributed by atoms with E-state index in [0.717, 1.165) is 0 Å². The van der Waals surface area contributed by atoms with E-state index in [1.807, 2.05) is 0 Å². The summed E-state index contributed by atoms with van der Waals surface area (Å²) in [5, 5.41) is 7.05. The third-order valence-corrected chi connectivity index (χ3v) is 4.38. The molecule has 138 valence electrons. The first-order valence-corrected chi connectivity index (χ1v) is 8.91. The van der Waals surface area contributed by atoms with Gasteiger partial charge in [-0.15, -0.1) is 11.3 Å². The maximum absolute atomic E-state index is 12.3. The summed E-state index contributed by atoms with van der Waals surface area (Å²) in [5.41, 5.74) is 0.484. The van der Waals surface area contributed by atoms with Gasteiger partial charge in [-0.05, 0) is 35.7 Å². The molecule has 0 bridgehead atoms. The molecule has 1 aromatic carbocycles. The molecule has 3 rings (SSSR count). The summed E-state index contributed by atoms with van der Waals surface area (Å²) in [6, 6.07) is 13.3. The van der Waals surface area contributed by atoms with Gasteiger partial charge in [-0.1, -0.05) is 18.2 Å². The minimum Gasteiger partial charge on any atom is -0.467 e. The number of carbonyl (C=O) groups is 3. The van der Waals surface area contributed by atoms with E-state index in [0.29, 0.717) is 16.3 Å². The number of para-hydroxylation sites is 1. The molecule has 27 heavy (non-hydrogen) atoms. The van der Waals surface area contributed by atoms with Crippen LogP contribution in [0.1, 0.15) is 25.8 Å². The van der Waals surface area contributed by atoms with Crippen molar-refractivity contribution in [3.63, 3.8) is 0 Å². The fourth-order valence-corrected chi connectivity index (χ4v) is 2.84. The summed E-state index contributed by atoms with van der Waals surface area (Å²) in [6.07, 6.45) is 1.50. The zero-order chi connectivity index (χ0) is 19.1. The Morgan fingerprint density at radius 2 is 1.89 bits per heavy atom. The lowest BCUT2D eigenvalue weighted by molar-refractivity contribution is -0.124. The normalized spacial score (nSPS) is 10.2. The summed E-state index contributed by atoms with van der Waals surface area (Å²) in [5.74, 6) is -0.886. The van der Waals surface area contributed by atoms with Crippen molar-refractivity contribution < 1.29 is 23.5 Å². The number of carbonyl (C=O) groups excluding carboxylic acids is 3. The number of esters is 1. The monoisotopic (exact) mass is 384 g/mol. The van der Waals surface area contributed by atoms with Gasteiger partial charge in [0.05, 0.1) is 28.9 Å². The van der Waals surface area contributed by atoms with E-state index in [2.05, 4.69) is 10.6 Å². The molecular weight excluding hydrogens is 368 g/mol. The minimum absolute atomic E-state index is 0.168. The largest absolute Gasteiger partial charge is 0.467 e. The number of benzene rings is 1. The molecule has 2 amide bonds. The van der Waals surface area contributed by atoms with Crippen LogP contribution in [0.4, 0.5) is 5.69 Å². The molecule has 0 saturated carbocycles. The summed E-state index contributed by atoms with van der Waals surface area (Å²) in [6.45, 7) is -0.233. The first-order valence-electron chi connectivity index (χ1n) is 8.03. The summed E-state index contributed by atoms with van der Waals surface area (Å²) >= 11 is 1.29. The van der Waals surface area contributed by atoms with Gasteiger partial charge in [-0.2, -0.15) is 0 Å². The lowest BCUT2D eigenvalue weighted by Crippen LogP contribution is -2.28. The molecule has 0 fully saturated rings. The minimum atomic E-state index is -0.703. The van der Waals surface area contributed by atoms with Crippen LogP contribution in [0.3, 0.4) is 0 Å². The Morgan fingerprint density at radius 3 is 2.63 bits per heavy atom. The topological polar surface area (TPSA) is 97.6 Å². The second-order valence-electron chi connectivity index (χ2n) is 5.41. The molecule has 3 aromatic rings. The van der Waals surface area contributed by atoms with Gasteiger partial charge in [0.25, 0.3) is 11.8 Å². The first kappa shape index (κ1) is 18.4. The first-order chi connectivity index (χ1) is 13.1. The highest BCUT2D eigenvalue weighted by atomic mass is 32.1. The molecule has 2 N–H and O–H groups in total. The molecule has 0 atom stereocenters. The highest BCUT2D eigenvalue weighted by Gasteiger charge is 2.17. The summed E-state index contributed by atoms with van der Waals surface area (Å²) in [4.78, 5) is 36.8. The SMILES string of the molecule is O=C(COC(=O)c1ccccc1NC(=O)c1cccs1)NCc1ccco1. The van der Waals surface area contributed by atoms with Gasteiger partial charge in [0, 0.05) is 0 Å². The quantitative estimate of drug-likeness (QED) is 0.610. The smallest absolute Gasteiger partial charge is 0.340 e. The van der Waals surface area contributed by atoms with Crippen LogP contribution in [0.15, 0.2) is 64.6 Å². The molecule has 0 radical (unpaired) electrons. The Balaban J connectivity index is 1.56. The van der Waals surface area contributed by atoms with Crippen molar-refractivity contribution in [2.45, 2.75) is 6.54 Å². The Bertz CT molecular complexity index is 920. The zero-order valence-corrected chi connectivity index (χ0v) is 15.0. The van der Waals surface area contributed by atoms with E-state index in [1.165, 1.54) is 23.7 Å². The van der Waals surface area contributed by atoms with Crippen LogP contribution in [0, 0.1) is 0 Å². The summed E-state index contributed by atoms with van der Waals surface area (Å²) < 4.78 is 10.1. The molecule has 0 unspecified atom stereocenters. The number of nitrogens with one attached hydrogen (secondary N) is 2. The highest BCUT2D eigenvalue weighted by Crippen LogP contribution is 2.18. The lowest BCUT2D eigenvalue weighted by atomic mass is 10.2. The number of anilines is 1. The number of ether oxygens (including phenoxy) is 1. The third-order valence-electron chi connectivity index (χ3n) is 3.51. The second kappa shape index (κ2) is 8.81. The molecule has 0 aliphatic rings. The maximum Gasteiger partial charge on any atom is 0.340 e. The van der Waals surface area contributed by atoms with Crippen molar-refractivity contribution in [1.82, 2.24) is 5.32 Å². The zero-order valence-electron chi connectivity index (χ0n) is 14.1. The van der Waals surface area contributed by atoms with Gasteiger partial charge >= 0.3 is 5.97 Å². The van der Waals surface area contributed by atoms with Crippen molar-refractivity contribution in [1.29, 1.82) is 0 Å². The van der Waals surface area contributed by atoms with Gasteiger partial charge in [0.2, 0.25) is 0 Å². The summed E-state index contributed by atoms with van der Waals surface area (Å²) in [7, 11) is 0. The molecule has 0 spiro atoms. The highest BCUT2D eigenvalue weighted by molar-refractivity contribution is 7.12. The van der Waals surface area contributed by atoms with E-state index < -0.39 is 18.5 Å². The number of rotatable bonds is 7. The van der Waals surface area contributed by atoms with E-state index >= 15 is 0 Å². The molecule has 0 aliphatic heterocycles. The molecule has 2 heterocycles. The molecular formula is C19H16N2O5S. The van der Waals surface area contributed by atoms with Gasteiger partial charge in [0.1, 0.15) is 5.76 Å². The van der Waals surface area contributed by atoms with Gasteiger partial charge in [0.15, 0.2) is 6.61 Å². The van der Waals surface area contributed by atoms with Crippen molar-refractivity contribution in [3.8, 4) is 0 Å². The fraction of sp³-hybridized carbons (Fsp3) is 0.105. The van der Waals surface area contributed by atoms with Crippen LogP contribution < -0.4 is 10.6 Å². The Hall–Kier alpha value is -3.39. The van der Waals surface area contributed by atoms with Crippen LogP contribution in [0.25, 0.3) is 0 Å². The fourth-order valence-electron chi connectivity index (χ4n) is 2.22. The maximum atomic E-state index is 12.3. The second-order valence-corrected chi connectivity index (χ2v) is 6.36. The standard InChI is InChI=1S/C19H16N2O5S/c22-17(20-11-13-5-3-9-25-13)12-26-19(24)14-6-1-2-7-15(14)21-18(23)16-8-4-10-27-16/h1-10H,11-12H2,(H,20,22)(H,21,23). The van der Waals surface area contributed by atoms with E-state index in [1.54, 1.807) is 47.8 Å². The van der Waals surface area contributed by atoms with Gasteiger partial charge in [-0.3, -0.25) is 9.59 Å². The predicted octanol–water partition coefficient (Wildman–Crippen LogP) is 3.07. The number of hydrogen-bond donors (Lipinski definition) is 2. The van der Waals surface area contributed by atoms with Crippen LogP contribution >= 0.6 is 11.3 Å². The van der Waals surface area contributed by atoms with Crippen molar-refractivity contribution in [2.24, 2.45) is 0 Å². The van der Waals surface area contributed by atoms with Crippen LogP contribution in [0.5, 0.6) is 0 Å². The Labute approximate surface area is 159 Å². The van der Waals surface area contributed by atoms with Crippen molar-refractivity contribution in [2.75, 3.05) is 11.9 Å². The van der Waals surface area contributed by atoms with E-state index in [9.17, 15) is 14.4 Å². The third kappa shape index (κ3) is 5.05. The average molecular weight is 384 g/mol. The van der Waals surface area contributed by atoms with Gasteiger partial charge < -0.3 is 19.8 Å². The van der Waals surface area contributed by atoms with Crippen LogP contribution in [0.2, 0.25) is 0 Å².